The van der Waals surface area contributed by atoms with Gasteiger partial charge in [0.05, 0.1) is 17.5 Å². The highest BCUT2D eigenvalue weighted by atomic mass is 16.5. The Bertz CT molecular complexity index is 931. The summed E-state index contributed by atoms with van der Waals surface area (Å²) in [6.45, 7) is 4.60. The summed E-state index contributed by atoms with van der Waals surface area (Å²) in [5.74, 6) is 1.05. The highest BCUT2D eigenvalue weighted by Crippen LogP contribution is 2.18. The summed E-state index contributed by atoms with van der Waals surface area (Å²) in [6.07, 6.45) is 1.94. The molecule has 0 atom stereocenters. The molecule has 0 saturated carbocycles. The third-order valence-corrected chi connectivity index (χ3v) is 3.89. The Hall–Kier alpha value is -3.42. The molecule has 28 heavy (non-hydrogen) atoms. The second-order valence-corrected chi connectivity index (χ2v) is 6.69. The number of aromatic nitrogens is 2. The number of para-hydroxylation sites is 1. The number of amides is 2. The third-order valence-electron chi connectivity index (χ3n) is 3.89. The first kappa shape index (κ1) is 19.3. The average Bonchev–Trinajstić information content (AvgIpc) is 3.36. The maximum absolute atomic E-state index is 12.3. The van der Waals surface area contributed by atoms with Gasteiger partial charge in [0, 0.05) is 19.4 Å². The second kappa shape index (κ2) is 8.98. The topological polar surface area (TPSA) is 110 Å². The number of carbonyl (C=O) groups is 2. The quantitative estimate of drug-likeness (QED) is 0.618. The highest BCUT2D eigenvalue weighted by molar-refractivity contribution is 6.03. The molecule has 8 heteroatoms. The predicted octanol–water partition coefficient (Wildman–Crippen LogP) is 3.29. The van der Waals surface area contributed by atoms with Crippen LogP contribution < -0.4 is 10.6 Å². The van der Waals surface area contributed by atoms with Crippen molar-refractivity contribution in [3.8, 4) is 11.6 Å². The van der Waals surface area contributed by atoms with Crippen LogP contribution in [0.3, 0.4) is 0 Å². The molecule has 2 heterocycles. The summed E-state index contributed by atoms with van der Waals surface area (Å²) in [6, 6.07) is 10.4. The SMILES string of the molecule is CC(C)CNC(=O)c1ccccc1NC(=O)CCc1nc(-c2ccco2)no1. The molecule has 2 N–H and O–H groups in total. The van der Waals surface area contributed by atoms with E-state index in [1.807, 2.05) is 13.8 Å². The van der Waals surface area contributed by atoms with Crippen LogP contribution >= 0.6 is 0 Å². The number of aryl methyl sites for hydroxylation is 1. The molecular formula is C20H22N4O4. The Labute approximate surface area is 162 Å². The van der Waals surface area contributed by atoms with Crippen molar-refractivity contribution < 1.29 is 18.5 Å². The lowest BCUT2D eigenvalue weighted by Gasteiger charge is -2.12. The molecule has 2 aromatic heterocycles. The maximum atomic E-state index is 12.3. The number of hydrogen-bond acceptors (Lipinski definition) is 6. The van der Waals surface area contributed by atoms with Crippen LogP contribution in [0.25, 0.3) is 11.6 Å². The molecule has 0 bridgehead atoms. The van der Waals surface area contributed by atoms with Crippen LogP contribution in [-0.4, -0.2) is 28.5 Å². The van der Waals surface area contributed by atoms with E-state index in [1.54, 1.807) is 36.4 Å². The van der Waals surface area contributed by atoms with E-state index in [0.717, 1.165) is 0 Å². The minimum atomic E-state index is -0.248. The zero-order valence-electron chi connectivity index (χ0n) is 15.8. The number of furan rings is 1. The van der Waals surface area contributed by atoms with Crippen LogP contribution in [0.1, 0.15) is 36.5 Å². The van der Waals surface area contributed by atoms with Crippen molar-refractivity contribution in [3.63, 3.8) is 0 Å². The molecule has 0 aliphatic carbocycles. The van der Waals surface area contributed by atoms with Crippen LogP contribution in [0.15, 0.2) is 51.6 Å². The molecule has 8 nitrogen and oxygen atoms in total. The third kappa shape index (κ3) is 5.06. The fourth-order valence-electron chi connectivity index (χ4n) is 2.48. The monoisotopic (exact) mass is 382 g/mol. The van der Waals surface area contributed by atoms with E-state index in [-0.39, 0.29) is 24.7 Å². The fraction of sp³-hybridized carbons (Fsp3) is 0.300. The van der Waals surface area contributed by atoms with Crippen molar-refractivity contribution in [1.29, 1.82) is 0 Å². The molecule has 0 fully saturated rings. The summed E-state index contributed by atoms with van der Waals surface area (Å²) in [5.41, 5.74) is 0.893. The van der Waals surface area contributed by atoms with Gasteiger partial charge < -0.3 is 19.6 Å². The van der Waals surface area contributed by atoms with Crippen LogP contribution in [-0.2, 0) is 11.2 Å². The summed E-state index contributed by atoms with van der Waals surface area (Å²) < 4.78 is 10.3. The lowest BCUT2D eigenvalue weighted by molar-refractivity contribution is -0.116. The molecule has 1 aromatic carbocycles. The first-order valence-electron chi connectivity index (χ1n) is 9.06. The molecule has 0 saturated heterocycles. The van der Waals surface area contributed by atoms with Crippen LogP contribution in [0.5, 0.6) is 0 Å². The normalized spacial score (nSPS) is 10.8. The van der Waals surface area contributed by atoms with Gasteiger partial charge in [0.15, 0.2) is 5.76 Å². The van der Waals surface area contributed by atoms with Gasteiger partial charge in [-0.1, -0.05) is 31.1 Å². The molecule has 0 aliphatic rings. The molecule has 0 aliphatic heterocycles. The van der Waals surface area contributed by atoms with Gasteiger partial charge >= 0.3 is 0 Å². The minimum Gasteiger partial charge on any atom is -0.461 e. The lowest BCUT2D eigenvalue weighted by Crippen LogP contribution is -2.28. The summed E-state index contributed by atoms with van der Waals surface area (Å²) in [7, 11) is 0. The smallest absolute Gasteiger partial charge is 0.253 e. The van der Waals surface area contributed by atoms with Gasteiger partial charge in [-0.05, 0) is 30.2 Å². The summed E-state index contributed by atoms with van der Waals surface area (Å²) >= 11 is 0. The predicted molar refractivity (Wildman–Crippen MR) is 103 cm³/mol. The van der Waals surface area contributed by atoms with E-state index in [9.17, 15) is 9.59 Å². The number of hydrogen-bond donors (Lipinski definition) is 2. The van der Waals surface area contributed by atoms with E-state index in [0.29, 0.717) is 41.2 Å². The number of nitrogens with one attached hydrogen (secondary N) is 2. The minimum absolute atomic E-state index is 0.141. The Balaban J connectivity index is 1.57. The first-order valence-corrected chi connectivity index (χ1v) is 9.06. The summed E-state index contributed by atoms with van der Waals surface area (Å²) in [5, 5.41) is 9.46. The van der Waals surface area contributed by atoms with Gasteiger partial charge in [-0.2, -0.15) is 4.98 Å². The molecule has 0 radical (unpaired) electrons. The van der Waals surface area contributed by atoms with E-state index in [1.165, 1.54) is 6.26 Å². The number of benzene rings is 1. The largest absolute Gasteiger partial charge is 0.461 e. The van der Waals surface area contributed by atoms with Gasteiger partial charge in [0.25, 0.3) is 5.91 Å². The fourth-order valence-corrected chi connectivity index (χ4v) is 2.48. The average molecular weight is 382 g/mol. The van der Waals surface area contributed by atoms with Gasteiger partial charge in [-0.3, -0.25) is 9.59 Å². The number of nitrogens with zero attached hydrogens (tertiary/aromatic N) is 2. The van der Waals surface area contributed by atoms with Gasteiger partial charge in [-0.25, -0.2) is 0 Å². The molecule has 3 aromatic rings. The Morgan fingerprint density at radius 1 is 1.14 bits per heavy atom. The molecule has 0 unspecified atom stereocenters. The van der Waals surface area contributed by atoms with Crippen molar-refractivity contribution in [1.82, 2.24) is 15.5 Å². The molecule has 3 rings (SSSR count). The summed E-state index contributed by atoms with van der Waals surface area (Å²) in [4.78, 5) is 28.9. The zero-order chi connectivity index (χ0) is 19.9. The Morgan fingerprint density at radius 2 is 1.96 bits per heavy atom. The Morgan fingerprint density at radius 3 is 2.71 bits per heavy atom. The van der Waals surface area contributed by atoms with E-state index in [2.05, 4.69) is 20.8 Å². The van der Waals surface area contributed by atoms with Gasteiger partial charge in [0.1, 0.15) is 0 Å². The van der Waals surface area contributed by atoms with Crippen LogP contribution in [0, 0.1) is 5.92 Å². The number of anilines is 1. The van der Waals surface area contributed by atoms with Crippen molar-refractivity contribution in [2.24, 2.45) is 5.92 Å². The zero-order valence-corrected chi connectivity index (χ0v) is 15.8. The number of rotatable bonds is 8. The molecular weight excluding hydrogens is 360 g/mol. The van der Waals surface area contributed by atoms with E-state index < -0.39 is 0 Å². The standard InChI is InChI=1S/C20H22N4O4/c1-13(2)12-21-20(26)14-6-3-4-7-15(14)22-17(25)9-10-18-23-19(24-28-18)16-8-5-11-27-16/h3-8,11,13H,9-10,12H2,1-2H3,(H,21,26)(H,22,25). The maximum Gasteiger partial charge on any atom is 0.253 e. The van der Waals surface area contributed by atoms with Crippen LogP contribution in [0.4, 0.5) is 5.69 Å². The lowest BCUT2D eigenvalue weighted by atomic mass is 10.1. The second-order valence-electron chi connectivity index (χ2n) is 6.69. The molecule has 0 spiro atoms. The van der Waals surface area contributed by atoms with Crippen molar-refractivity contribution in [3.05, 3.63) is 54.1 Å². The van der Waals surface area contributed by atoms with Crippen molar-refractivity contribution in [2.45, 2.75) is 26.7 Å². The van der Waals surface area contributed by atoms with Gasteiger partial charge in [0.2, 0.25) is 17.6 Å². The first-order chi connectivity index (χ1) is 13.5. The highest BCUT2D eigenvalue weighted by Gasteiger charge is 2.15. The molecule has 146 valence electrons. The van der Waals surface area contributed by atoms with Gasteiger partial charge in [-0.15, -0.1) is 0 Å². The number of carbonyl (C=O) groups excluding carboxylic acids is 2. The molecule has 2 amide bonds. The van der Waals surface area contributed by atoms with Crippen molar-refractivity contribution >= 4 is 17.5 Å². The van der Waals surface area contributed by atoms with Crippen LogP contribution in [0.2, 0.25) is 0 Å². The Kier molecular flexibility index (Phi) is 6.21. The van der Waals surface area contributed by atoms with E-state index in [4.69, 9.17) is 8.94 Å². The van der Waals surface area contributed by atoms with E-state index >= 15 is 0 Å². The van der Waals surface area contributed by atoms with Crippen molar-refractivity contribution in [2.75, 3.05) is 11.9 Å².